The van der Waals surface area contributed by atoms with Gasteiger partial charge in [0.15, 0.2) is 11.5 Å². The average Bonchev–Trinajstić information content (AvgIpc) is 2.59. The summed E-state index contributed by atoms with van der Waals surface area (Å²) in [7, 11) is 1.53. The molecule has 0 aliphatic rings. The summed E-state index contributed by atoms with van der Waals surface area (Å²) in [5.74, 6) is 0.0105. The van der Waals surface area contributed by atoms with Crippen molar-refractivity contribution in [3.63, 3.8) is 0 Å². The van der Waals surface area contributed by atoms with Crippen LogP contribution in [0.3, 0.4) is 0 Å². The number of ether oxygens (including phenoxy) is 2. The molecule has 0 aliphatic carbocycles. The van der Waals surface area contributed by atoms with Gasteiger partial charge in [-0.3, -0.25) is 4.79 Å². The first-order chi connectivity index (χ1) is 11.9. The van der Waals surface area contributed by atoms with Crippen LogP contribution < -0.4 is 14.8 Å². The van der Waals surface area contributed by atoms with Crippen LogP contribution in [0, 0.1) is 0 Å². The molecule has 2 rings (SSSR count). The van der Waals surface area contributed by atoms with Crippen LogP contribution in [0.5, 0.6) is 11.5 Å². The summed E-state index contributed by atoms with van der Waals surface area (Å²) in [6, 6.07) is 10.1. The van der Waals surface area contributed by atoms with Crippen molar-refractivity contribution in [2.24, 2.45) is 0 Å². The van der Waals surface area contributed by atoms with E-state index >= 15 is 0 Å². The van der Waals surface area contributed by atoms with E-state index in [2.05, 4.69) is 5.32 Å². The van der Waals surface area contributed by atoms with Gasteiger partial charge in [0, 0.05) is 11.6 Å². The lowest BCUT2D eigenvalue weighted by Crippen LogP contribution is -2.33. The minimum atomic E-state index is -0.916. The van der Waals surface area contributed by atoms with Gasteiger partial charge in [-0.15, -0.1) is 0 Å². The standard InChI is InChI=1S/C18H19Cl2NO4/c1-11(18(22)23)21-9-13-7-15(20)17(16(8-13)24-2)25-10-12-3-5-14(19)6-4-12/h3-8,11,21H,9-10H2,1-2H3,(H,22,23). The van der Waals surface area contributed by atoms with E-state index < -0.39 is 12.0 Å². The molecule has 2 N–H and O–H groups in total. The topological polar surface area (TPSA) is 67.8 Å². The Morgan fingerprint density at radius 3 is 2.48 bits per heavy atom. The quantitative estimate of drug-likeness (QED) is 0.716. The second-order valence-corrected chi connectivity index (χ2v) is 6.31. The van der Waals surface area contributed by atoms with E-state index in [-0.39, 0.29) is 0 Å². The number of carboxylic acid groups (broad SMARTS) is 1. The van der Waals surface area contributed by atoms with E-state index in [4.69, 9.17) is 37.8 Å². The number of aliphatic carboxylic acids is 1. The molecule has 0 amide bonds. The zero-order chi connectivity index (χ0) is 18.4. The molecule has 2 aromatic rings. The number of benzene rings is 2. The minimum Gasteiger partial charge on any atom is -0.493 e. The normalized spacial score (nSPS) is 11.8. The summed E-state index contributed by atoms with van der Waals surface area (Å²) < 4.78 is 11.1. The van der Waals surface area contributed by atoms with E-state index in [9.17, 15) is 4.79 Å². The predicted octanol–water partition coefficient (Wildman–Crippen LogP) is 4.14. The van der Waals surface area contributed by atoms with Crippen molar-refractivity contribution in [3.8, 4) is 11.5 Å². The molecular formula is C18H19Cl2NO4. The molecule has 0 saturated carbocycles. The molecule has 5 nitrogen and oxygen atoms in total. The maximum absolute atomic E-state index is 10.9. The number of methoxy groups -OCH3 is 1. The smallest absolute Gasteiger partial charge is 0.320 e. The third-order valence-electron chi connectivity index (χ3n) is 3.57. The van der Waals surface area contributed by atoms with Crippen molar-refractivity contribution in [1.82, 2.24) is 5.32 Å². The molecule has 7 heteroatoms. The van der Waals surface area contributed by atoms with Crippen molar-refractivity contribution in [1.29, 1.82) is 0 Å². The Bertz CT molecular complexity index is 735. The fourth-order valence-corrected chi connectivity index (χ4v) is 2.52. The van der Waals surface area contributed by atoms with Crippen molar-refractivity contribution < 1.29 is 19.4 Å². The second-order valence-electron chi connectivity index (χ2n) is 5.46. The van der Waals surface area contributed by atoms with E-state index in [1.54, 1.807) is 31.2 Å². The van der Waals surface area contributed by atoms with Gasteiger partial charge in [-0.25, -0.2) is 0 Å². The Kier molecular flexibility index (Phi) is 6.93. The Hall–Kier alpha value is -1.95. The lowest BCUT2D eigenvalue weighted by Gasteiger charge is -2.15. The number of halogens is 2. The molecule has 25 heavy (non-hydrogen) atoms. The second kappa shape index (κ2) is 8.94. The molecule has 0 saturated heterocycles. The third kappa shape index (κ3) is 5.53. The molecule has 0 heterocycles. The van der Waals surface area contributed by atoms with Crippen molar-refractivity contribution in [3.05, 3.63) is 57.6 Å². The van der Waals surface area contributed by atoms with Gasteiger partial charge in [-0.2, -0.15) is 0 Å². The van der Waals surface area contributed by atoms with Crippen LogP contribution in [0.15, 0.2) is 36.4 Å². The van der Waals surface area contributed by atoms with Crippen LogP contribution >= 0.6 is 23.2 Å². The van der Waals surface area contributed by atoms with Gasteiger partial charge in [-0.05, 0) is 42.3 Å². The number of hydrogen-bond acceptors (Lipinski definition) is 4. The van der Waals surface area contributed by atoms with E-state index in [0.29, 0.717) is 34.7 Å². The molecule has 0 aliphatic heterocycles. The predicted molar refractivity (Wildman–Crippen MR) is 97.7 cm³/mol. The Morgan fingerprint density at radius 2 is 1.88 bits per heavy atom. The highest BCUT2D eigenvalue weighted by molar-refractivity contribution is 6.32. The zero-order valence-electron chi connectivity index (χ0n) is 13.9. The minimum absolute atomic E-state index is 0.320. The number of rotatable bonds is 8. The van der Waals surface area contributed by atoms with Crippen LogP contribution in [0.1, 0.15) is 18.1 Å². The molecule has 1 atom stereocenters. The zero-order valence-corrected chi connectivity index (χ0v) is 15.4. The molecule has 0 aromatic heterocycles. The Balaban J connectivity index is 2.10. The summed E-state index contributed by atoms with van der Waals surface area (Å²) in [6.07, 6.45) is 0. The number of carbonyl (C=O) groups is 1. The highest BCUT2D eigenvalue weighted by Crippen LogP contribution is 2.37. The van der Waals surface area contributed by atoms with Gasteiger partial charge < -0.3 is 19.9 Å². The first kappa shape index (κ1) is 19.4. The lowest BCUT2D eigenvalue weighted by molar-refractivity contribution is -0.139. The van der Waals surface area contributed by atoms with E-state index in [1.807, 2.05) is 12.1 Å². The van der Waals surface area contributed by atoms with Gasteiger partial charge in [-0.1, -0.05) is 35.3 Å². The van der Waals surface area contributed by atoms with Gasteiger partial charge in [0.1, 0.15) is 12.6 Å². The van der Waals surface area contributed by atoms with Crippen LogP contribution in [-0.2, 0) is 17.9 Å². The molecular weight excluding hydrogens is 365 g/mol. The van der Waals surface area contributed by atoms with Crippen LogP contribution in [0.4, 0.5) is 0 Å². The third-order valence-corrected chi connectivity index (χ3v) is 4.10. The summed E-state index contributed by atoms with van der Waals surface area (Å²) in [5, 5.41) is 12.9. The van der Waals surface area contributed by atoms with Gasteiger partial charge in [0.2, 0.25) is 0 Å². The highest BCUT2D eigenvalue weighted by atomic mass is 35.5. The molecule has 2 aromatic carbocycles. The molecule has 0 spiro atoms. The fraction of sp³-hybridized carbons (Fsp3) is 0.278. The van der Waals surface area contributed by atoms with Crippen molar-refractivity contribution in [2.75, 3.05) is 7.11 Å². The maximum atomic E-state index is 10.9. The molecule has 134 valence electrons. The largest absolute Gasteiger partial charge is 0.493 e. The molecule has 1 unspecified atom stereocenters. The van der Waals surface area contributed by atoms with Crippen LogP contribution in [0.2, 0.25) is 10.0 Å². The molecule has 0 fully saturated rings. The fourth-order valence-electron chi connectivity index (χ4n) is 2.11. The van der Waals surface area contributed by atoms with Gasteiger partial charge >= 0.3 is 5.97 Å². The Labute approximate surface area is 156 Å². The van der Waals surface area contributed by atoms with Gasteiger partial charge in [0.05, 0.1) is 12.1 Å². The van der Waals surface area contributed by atoms with Crippen molar-refractivity contribution in [2.45, 2.75) is 26.1 Å². The number of carboxylic acids is 1. The summed E-state index contributed by atoms with van der Waals surface area (Å²) >= 11 is 12.2. The monoisotopic (exact) mass is 383 g/mol. The summed E-state index contributed by atoms with van der Waals surface area (Å²) in [6.45, 7) is 2.24. The number of hydrogen-bond donors (Lipinski definition) is 2. The van der Waals surface area contributed by atoms with Crippen molar-refractivity contribution >= 4 is 29.2 Å². The summed E-state index contributed by atoms with van der Waals surface area (Å²) in [5.41, 5.74) is 1.75. The molecule has 0 bridgehead atoms. The van der Waals surface area contributed by atoms with E-state index in [0.717, 1.165) is 11.1 Å². The van der Waals surface area contributed by atoms with E-state index in [1.165, 1.54) is 7.11 Å². The molecule has 0 radical (unpaired) electrons. The first-order valence-electron chi connectivity index (χ1n) is 7.60. The van der Waals surface area contributed by atoms with Gasteiger partial charge in [0.25, 0.3) is 0 Å². The van der Waals surface area contributed by atoms with Crippen LogP contribution in [0.25, 0.3) is 0 Å². The lowest BCUT2D eigenvalue weighted by atomic mass is 10.2. The Morgan fingerprint density at radius 1 is 1.20 bits per heavy atom. The average molecular weight is 384 g/mol. The van der Waals surface area contributed by atoms with Crippen LogP contribution in [-0.4, -0.2) is 24.2 Å². The highest BCUT2D eigenvalue weighted by Gasteiger charge is 2.14. The first-order valence-corrected chi connectivity index (χ1v) is 8.36. The summed E-state index contributed by atoms with van der Waals surface area (Å²) in [4.78, 5) is 10.9. The number of nitrogens with one attached hydrogen (secondary N) is 1. The SMILES string of the molecule is COc1cc(CNC(C)C(=O)O)cc(Cl)c1OCc1ccc(Cl)cc1. The maximum Gasteiger partial charge on any atom is 0.320 e.